The summed E-state index contributed by atoms with van der Waals surface area (Å²) in [5.74, 6) is -1.53. The number of aliphatic hydroxyl groups excluding tert-OH is 1. The normalized spacial score (nSPS) is 19.1. The van der Waals surface area contributed by atoms with Crippen molar-refractivity contribution in [1.82, 2.24) is 0 Å². The minimum Gasteiger partial charge on any atom is -0.459 e. The third-order valence-electron chi connectivity index (χ3n) is 7.87. The highest BCUT2D eigenvalue weighted by Crippen LogP contribution is 2.39. The first-order chi connectivity index (χ1) is 22.3. The van der Waals surface area contributed by atoms with Crippen LogP contribution >= 0.6 is 11.6 Å². The summed E-state index contributed by atoms with van der Waals surface area (Å²) in [4.78, 5) is 40.9. The van der Waals surface area contributed by atoms with E-state index in [-0.39, 0.29) is 36.4 Å². The van der Waals surface area contributed by atoms with E-state index in [4.69, 9.17) is 35.7 Å². The van der Waals surface area contributed by atoms with E-state index in [1.165, 1.54) is 6.07 Å². The average Bonchev–Trinajstić information content (AvgIpc) is 3.29. The van der Waals surface area contributed by atoms with Crippen LogP contribution in [-0.2, 0) is 23.7 Å². The first-order valence-electron chi connectivity index (χ1n) is 15.2. The molecule has 5 rings (SSSR count). The van der Waals surface area contributed by atoms with Gasteiger partial charge in [0.15, 0.2) is 5.76 Å². The van der Waals surface area contributed by atoms with Gasteiger partial charge in [0.1, 0.15) is 0 Å². The van der Waals surface area contributed by atoms with E-state index in [2.05, 4.69) is 5.32 Å². The van der Waals surface area contributed by atoms with Crippen molar-refractivity contribution in [2.75, 3.05) is 49.9 Å². The molecule has 10 nitrogen and oxygen atoms in total. The van der Waals surface area contributed by atoms with Gasteiger partial charge in [-0.1, -0.05) is 41.9 Å². The predicted octanol–water partition coefficient (Wildman–Crippen LogP) is 5.48. The highest BCUT2D eigenvalue weighted by molar-refractivity contribution is 6.37. The quantitative estimate of drug-likeness (QED) is 0.174. The van der Waals surface area contributed by atoms with Crippen molar-refractivity contribution in [3.05, 3.63) is 106 Å². The van der Waals surface area contributed by atoms with E-state index in [9.17, 15) is 14.4 Å². The number of rotatable bonds is 14. The molecule has 2 aliphatic heterocycles. The smallest absolute Gasteiger partial charge is 0.290 e. The van der Waals surface area contributed by atoms with Crippen molar-refractivity contribution >= 4 is 40.7 Å². The number of fused-ring (bicyclic) bond motifs is 1. The fourth-order valence-corrected chi connectivity index (χ4v) is 5.88. The standard InChI is InChI=1S/C35H37ClN2O8/c1-3-45-35-27(13-15-43-17-18-44-16-14-39)28(23-7-5-4-6-8-23)21-31(46-35)32(40)37-25-10-12-30(22(2)19-25)38-33(41)26-11-9-24(36)20-29(26)34(38)42/h4-12,19-21,27-28,35,39H,3,13-18H2,1-2H3,(H,37,40)/t27-,28+,35+/m1/s1. The summed E-state index contributed by atoms with van der Waals surface area (Å²) in [6.45, 7) is 5.47. The first kappa shape index (κ1) is 33.3. The monoisotopic (exact) mass is 648 g/mol. The van der Waals surface area contributed by atoms with Crippen LogP contribution in [-0.4, -0.2) is 68.8 Å². The van der Waals surface area contributed by atoms with Crippen LogP contribution in [0.2, 0.25) is 5.02 Å². The average molecular weight is 649 g/mol. The van der Waals surface area contributed by atoms with Crippen LogP contribution in [0.5, 0.6) is 0 Å². The number of aliphatic hydroxyl groups is 1. The highest BCUT2D eigenvalue weighted by atomic mass is 35.5. The molecule has 0 aliphatic carbocycles. The molecule has 0 saturated heterocycles. The highest BCUT2D eigenvalue weighted by Gasteiger charge is 2.39. The summed E-state index contributed by atoms with van der Waals surface area (Å²) < 4.78 is 23.2. The minimum atomic E-state index is -0.693. The zero-order valence-corrected chi connectivity index (χ0v) is 26.5. The number of amides is 3. The first-order valence-corrected chi connectivity index (χ1v) is 15.6. The molecule has 2 aliphatic rings. The summed E-state index contributed by atoms with van der Waals surface area (Å²) in [7, 11) is 0. The maximum absolute atomic E-state index is 13.6. The Morgan fingerprint density at radius 2 is 1.70 bits per heavy atom. The van der Waals surface area contributed by atoms with Crippen molar-refractivity contribution in [2.24, 2.45) is 5.92 Å². The molecule has 0 aromatic heterocycles. The Kier molecular flexibility index (Phi) is 11.2. The molecule has 0 bridgehead atoms. The van der Waals surface area contributed by atoms with Gasteiger partial charge in [-0.25, -0.2) is 4.90 Å². The molecule has 0 fully saturated rings. The Morgan fingerprint density at radius 1 is 0.957 bits per heavy atom. The van der Waals surface area contributed by atoms with Crippen molar-refractivity contribution in [1.29, 1.82) is 0 Å². The zero-order valence-electron chi connectivity index (χ0n) is 25.7. The van der Waals surface area contributed by atoms with Gasteiger partial charge in [-0.15, -0.1) is 0 Å². The second-order valence-corrected chi connectivity index (χ2v) is 11.3. The second-order valence-electron chi connectivity index (χ2n) is 10.9. The molecule has 3 amide bonds. The lowest BCUT2D eigenvalue weighted by Gasteiger charge is -2.37. The molecule has 242 valence electrons. The largest absolute Gasteiger partial charge is 0.459 e. The molecule has 0 spiro atoms. The Morgan fingerprint density at radius 3 is 2.41 bits per heavy atom. The van der Waals surface area contributed by atoms with Gasteiger partial charge in [-0.05, 0) is 73.9 Å². The summed E-state index contributed by atoms with van der Waals surface area (Å²) in [5.41, 5.74) is 3.07. The molecule has 3 atom stereocenters. The van der Waals surface area contributed by atoms with E-state index in [0.717, 1.165) is 10.5 Å². The summed E-state index contributed by atoms with van der Waals surface area (Å²) >= 11 is 6.06. The van der Waals surface area contributed by atoms with Crippen molar-refractivity contribution in [2.45, 2.75) is 32.5 Å². The van der Waals surface area contributed by atoms with E-state index in [1.54, 1.807) is 37.3 Å². The van der Waals surface area contributed by atoms with Gasteiger partial charge in [0.2, 0.25) is 6.29 Å². The van der Waals surface area contributed by atoms with Crippen LogP contribution in [0, 0.1) is 12.8 Å². The zero-order chi connectivity index (χ0) is 32.6. The van der Waals surface area contributed by atoms with E-state index in [1.807, 2.05) is 43.3 Å². The Hall–Kier alpha value is -4.06. The van der Waals surface area contributed by atoms with Gasteiger partial charge in [0, 0.05) is 35.8 Å². The molecular formula is C35H37ClN2O8. The molecule has 0 radical (unpaired) electrons. The molecule has 3 aromatic rings. The van der Waals surface area contributed by atoms with Crippen LogP contribution in [0.4, 0.5) is 11.4 Å². The Balaban J connectivity index is 1.32. The molecule has 0 saturated carbocycles. The van der Waals surface area contributed by atoms with E-state index < -0.39 is 24.0 Å². The molecule has 2 N–H and O–H groups in total. The number of halogens is 1. The van der Waals surface area contributed by atoms with Crippen LogP contribution in [0.25, 0.3) is 0 Å². The molecular weight excluding hydrogens is 612 g/mol. The number of carbonyl (C=O) groups excluding carboxylic acids is 3. The number of ether oxygens (including phenoxy) is 4. The fraction of sp³-hybridized carbons (Fsp3) is 0.343. The lowest BCUT2D eigenvalue weighted by Crippen LogP contribution is -2.38. The van der Waals surface area contributed by atoms with Gasteiger partial charge in [0.25, 0.3) is 17.7 Å². The number of carbonyl (C=O) groups is 3. The fourth-order valence-electron chi connectivity index (χ4n) is 5.71. The van der Waals surface area contributed by atoms with Gasteiger partial charge in [-0.2, -0.15) is 0 Å². The number of imide groups is 1. The molecule has 2 heterocycles. The summed E-state index contributed by atoms with van der Waals surface area (Å²) in [5, 5.41) is 12.1. The van der Waals surface area contributed by atoms with Crippen LogP contribution < -0.4 is 10.2 Å². The number of hydrogen-bond acceptors (Lipinski definition) is 8. The van der Waals surface area contributed by atoms with Gasteiger partial charge >= 0.3 is 0 Å². The second kappa shape index (κ2) is 15.5. The predicted molar refractivity (Wildman–Crippen MR) is 173 cm³/mol. The number of nitrogens with zero attached hydrogens (tertiary/aromatic N) is 1. The van der Waals surface area contributed by atoms with Gasteiger partial charge in [-0.3, -0.25) is 14.4 Å². The van der Waals surface area contributed by atoms with Gasteiger partial charge in [0.05, 0.1) is 43.2 Å². The van der Waals surface area contributed by atoms with Crippen molar-refractivity contribution < 1.29 is 38.4 Å². The summed E-state index contributed by atoms with van der Waals surface area (Å²) in [6, 6.07) is 19.4. The van der Waals surface area contributed by atoms with Gasteiger partial charge < -0.3 is 29.4 Å². The molecule has 0 unspecified atom stereocenters. The third-order valence-corrected chi connectivity index (χ3v) is 8.11. The van der Waals surface area contributed by atoms with E-state index >= 15 is 0 Å². The van der Waals surface area contributed by atoms with Crippen LogP contribution in [0.3, 0.4) is 0 Å². The number of nitrogens with one attached hydrogen (secondary N) is 1. The van der Waals surface area contributed by atoms with Crippen molar-refractivity contribution in [3.63, 3.8) is 0 Å². The SMILES string of the molecule is CCO[C@H]1OC(C(=O)Nc2ccc(N3C(=O)c4ccc(Cl)cc4C3=O)c(C)c2)=C[C@@H](c2ccccc2)[C@H]1CCOCCOCCO. The maximum Gasteiger partial charge on any atom is 0.290 e. The van der Waals surface area contributed by atoms with Crippen molar-refractivity contribution in [3.8, 4) is 0 Å². The Labute approximate surface area is 272 Å². The number of hydrogen-bond donors (Lipinski definition) is 2. The van der Waals surface area contributed by atoms with E-state index in [0.29, 0.717) is 60.4 Å². The number of aryl methyl sites for hydroxylation is 1. The number of allylic oxidation sites excluding steroid dienone is 1. The lowest BCUT2D eigenvalue weighted by molar-refractivity contribution is -0.166. The molecule has 11 heteroatoms. The van der Waals surface area contributed by atoms with Crippen LogP contribution in [0.15, 0.2) is 78.6 Å². The lowest BCUT2D eigenvalue weighted by atomic mass is 9.81. The topological polar surface area (TPSA) is 124 Å². The number of benzene rings is 3. The molecule has 3 aromatic carbocycles. The maximum atomic E-state index is 13.6. The van der Waals surface area contributed by atoms with Crippen LogP contribution in [0.1, 0.15) is 51.1 Å². The number of anilines is 2. The minimum absolute atomic E-state index is 0.0344. The third kappa shape index (κ3) is 7.49. The molecule has 46 heavy (non-hydrogen) atoms. The summed E-state index contributed by atoms with van der Waals surface area (Å²) in [6.07, 6.45) is 1.74. The Bertz CT molecular complexity index is 1590.